The Balaban J connectivity index is 0.707. The molecule has 0 saturated carbocycles. The molecule has 2 aromatic heterocycles. The summed E-state index contributed by atoms with van der Waals surface area (Å²) in [5.74, 6) is -0.757. The van der Waals surface area contributed by atoms with Crippen molar-refractivity contribution in [2.24, 2.45) is 0 Å². The van der Waals surface area contributed by atoms with Gasteiger partial charge in [0.1, 0.15) is 30.5 Å². The maximum absolute atomic E-state index is 14.3. The van der Waals surface area contributed by atoms with E-state index in [9.17, 15) is 28.8 Å². The van der Waals surface area contributed by atoms with E-state index in [1.165, 1.54) is 64.9 Å². The van der Waals surface area contributed by atoms with Gasteiger partial charge in [-0.05, 0) is 135 Å². The molecule has 21 heteroatoms. The van der Waals surface area contributed by atoms with E-state index in [0.29, 0.717) is 103 Å². The first-order valence-electron chi connectivity index (χ1n) is 27.5. The molecule has 426 valence electrons. The van der Waals surface area contributed by atoms with Gasteiger partial charge in [0.25, 0.3) is 5.56 Å². The number of rotatable bonds is 13. The Morgan fingerprint density at radius 2 is 1.42 bits per heavy atom. The molecule has 1 amide bonds. The number of cyclic esters (lactones) is 2. The summed E-state index contributed by atoms with van der Waals surface area (Å²) >= 11 is 0. The molecule has 2 saturated heterocycles. The van der Waals surface area contributed by atoms with Crippen LogP contribution in [0.3, 0.4) is 0 Å². The predicted molar refractivity (Wildman–Crippen MR) is 296 cm³/mol. The fraction of sp³-hybridized carbons (Fsp3) is 0.339. The minimum Gasteiger partial charge on any atom is -0.493 e. The van der Waals surface area contributed by atoms with E-state index in [2.05, 4.69) is 4.90 Å². The minimum atomic E-state index is -2.00. The number of amides is 1. The van der Waals surface area contributed by atoms with Crippen LogP contribution in [0.4, 0.5) is 4.79 Å². The third-order valence-electron chi connectivity index (χ3n) is 16.6. The number of benzene rings is 5. The zero-order valence-corrected chi connectivity index (χ0v) is 45.9. The molecule has 6 aliphatic heterocycles. The number of aromatic nitrogens is 2. The number of piperidine rings is 2. The van der Waals surface area contributed by atoms with Gasteiger partial charge in [0.2, 0.25) is 18.1 Å². The van der Waals surface area contributed by atoms with Gasteiger partial charge in [-0.3, -0.25) is 4.79 Å². The summed E-state index contributed by atoms with van der Waals surface area (Å²) in [6.07, 6.45) is 5.11. The number of nitrogens with zero attached hydrogens (tertiary/aromatic N) is 4. The first kappa shape index (κ1) is 53.0. The van der Waals surface area contributed by atoms with Crippen molar-refractivity contribution in [2.75, 3.05) is 60.9 Å². The second-order valence-corrected chi connectivity index (χ2v) is 21.1. The Kier molecular flexibility index (Phi) is 13.5. The lowest BCUT2D eigenvalue weighted by atomic mass is 9.85. The lowest BCUT2D eigenvalue weighted by molar-refractivity contribution is -0.190. The molecule has 83 heavy (non-hydrogen) atoms. The van der Waals surface area contributed by atoms with Crippen LogP contribution in [0.1, 0.15) is 88.4 Å². The Labute approximate surface area is 474 Å². The number of carbonyl (C=O) groups is 5. The molecule has 0 aliphatic carbocycles. The largest absolute Gasteiger partial charge is 0.493 e. The summed E-state index contributed by atoms with van der Waals surface area (Å²) in [6, 6.07) is 21.9. The molecule has 7 aromatic rings. The van der Waals surface area contributed by atoms with Crippen LogP contribution in [0.2, 0.25) is 0 Å². The molecular formula is C62H56N4O17. The number of hydrogen-bond acceptors (Lipinski definition) is 19. The second kappa shape index (κ2) is 21.2. The Morgan fingerprint density at radius 3 is 2.13 bits per heavy atom. The second-order valence-electron chi connectivity index (χ2n) is 21.1. The number of ether oxygens (including phenoxy) is 11. The highest BCUT2D eigenvalue weighted by Gasteiger charge is 2.51. The number of methoxy groups -OCH3 is 3. The number of carbonyl (C=O) groups excluding carboxylic acids is 5. The molecular weight excluding hydrogens is 1070 g/mol. The maximum Gasteiger partial charge on any atom is 0.415 e. The van der Waals surface area contributed by atoms with E-state index in [1.807, 2.05) is 6.07 Å². The molecule has 1 atom stereocenters. The van der Waals surface area contributed by atoms with Crippen LogP contribution in [0, 0.1) is 0 Å². The highest BCUT2D eigenvalue weighted by Crippen LogP contribution is 2.52. The fourth-order valence-electron chi connectivity index (χ4n) is 12.4. The van der Waals surface area contributed by atoms with Crippen LogP contribution in [-0.4, -0.2) is 116 Å². The molecule has 21 nitrogen and oxygen atoms in total. The van der Waals surface area contributed by atoms with Gasteiger partial charge >= 0.3 is 30.0 Å². The van der Waals surface area contributed by atoms with Crippen molar-refractivity contribution in [3.05, 3.63) is 123 Å². The van der Waals surface area contributed by atoms with Gasteiger partial charge in [0.05, 0.1) is 61.5 Å². The van der Waals surface area contributed by atoms with E-state index in [-0.39, 0.29) is 66.7 Å². The van der Waals surface area contributed by atoms with Gasteiger partial charge in [-0.1, -0.05) is 13.3 Å². The van der Waals surface area contributed by atoms with Crippen molar-refractivity contribution < 1.29 is 76.1 Å². The minimum absolute atomic E-state index is 0.0490. The van der Waals surface area contributed by atoms with Crippen molar-refractivity contribution >= 4 is 51.6 Å². The average Bonchev–Trinajstić information content (AvgIpc) is 3.34. The molecule has 0 bridgehead atoms. The van der Waals surface area contributed by atoms with Crippen LogP contribution in [0.15, 0.2) is 83.7 Å². The van der Waals surface area contributed by atoms with Crippen LogP contribution in [0.25, 0.3) is 44.2 Å². The molecule has 0 spiro atoms. The van der Waals surface area contributed by atoms with Crippen LogP contribution in [0.5, 0.6) is 46.0 Å². The van der Waals surface area contributed by atoms with E-state index in [0.717, 1.165) is 31.5 Å². The first-order valence-corrected chi connectivity index (χ1v) is 27.5. The normalized spacial score (nSPS) is 17.9. The molecule has 0 unspecified atom stereocenters. The van der Waals surface area contributed by atoms with Crippen LogP contribution < -0.4 is 43.5 Å². The Hall–Kier alpha value is -9.37. The Morgan fingerprint density at radius 1 is 0.711 bits per heavy atom. The van der Waals surface area contributed by atoms with Crippen molar-refractivity contribution in [3.8, 4) is 68.5 Å². The summed E-state index contributed by atoms with van der Waals surface area (Å²) in [4.78, 5) is 92.2. The van der Waals surface area contributed by atoms with Gasteiger partial charge < -0.3 is 66.5 Å². The number of esters is 4. The Bertz CT molecular complexity index is 3910. The summed E-state index contributed by atoms with van der Waals surface area (Å²) in [6.45, 7) is 4.11. The molecule has 0 radical (unpaired) electrons. The molecule has 5 aromatic carbocycles. The average molecular weight is 1130 g/mol. The summed E-state index contributed by atoms with van der Waals surface area (Å²) in [5, 5.41) is 1.61. The molecule has 13 rings (SSSR count). The van der Waals surface area contributed by atoms with E-state index < -0.39 is 47.7 Å². The van der Waals surface area contributed by atoms with Gasteiger partial charge in [0, 0.05) is 52.2 Å². The van der Waals surface area contributed by atoms with E-state index in [1.54, 1.807) is 64.9 Å². The third kappa shape index (κ3) is 9.18. The summed E-state index contributed by atoms with van der Waals surface area (Å²) in [7, 11) is 4.45. The molecule has 2 fully saturated rings. The van der Waals surface area contributed by atoms with Crippen molar-refractivity contribution in [3.63, 3.8) is 0 Å². The van der Waals surface area contributed by atoms with E-state index in [4.69, 9.17) is 57.1 Å². The first-order chi connectivity index (χ1) is 40.4. The molecule has 8 heterocycles. The zero-order chi connectivity index (χ0) is 57.3. The lowest BCUT2D eigenvalue weighted by Gasteiger charge is -2.39. The number of pyridine rings is 2. The summed E-state index contributed by atoms with van der Waals surface area (Å²) in [5.41, 5.74) is 1.76. The highest BCUT2D eigenvalue weighted by atomic mass is 16.7. The monoisotopic (exact) mass is 1130 g/mol. The maximum atomic E-state index is 14.3. The standard InChI is InChI=1S/C62H56N4O17/c1-5-62(44-27-46-54-36(28-66(46)57(68)42(44)29-78-60(62)71)21-34-22-39(13-14-45(34)63-54)81-61(72)65-19-15-37(16-20-65)64-17-7-6-8-18-64)83-51(67)31-76-38-11-9-33(10-12-38)58(69)82-55-41-26-48-47(79-32-80-48)25-40(41)52(53-43(55)30-77-59(53)70)35-23-49(73-2)56(75-4)50(24-35)74-3/h9-14,21-27,37H,5-8,15-20,28-32H2,1-4H3/t62-/m0/s1. The zero-order valence-electron chi connectivity index (χ0n) is 45.9. The number of hydrogen-bond donors (Lipinski definition) is 0. The fourth-order valence-corrected chi connectivity index (χ4v) is 12.4. The number of fused-ring (bicyclic) bond motifs is 8. The smallest absolute Gasteiger partial charge is 0.415 e. The molecule has 0 N–H and O–H groups in total. The van der Waals surface area contributed by atoms with Crippen molar-refractivity contribution in [1.82, 2.24) is 19.4 Å². The van der Waals surface area contributed by atoms with Crippen molar-refractivity contribution in [1.29, 1.82) is 0 Å². The molecule has 6 aliphatic rings. The predicted octanol–water partition coefficient (Wildman–Crippen LogP) is 8.62. The highest BCUT2D eigenvalue weighted by molar-refractivity contribution is 6.15. The summed E-state index contributed by atoms with van der Waals surface area (Å²) < 4.78 is 64.9. The quantitative estimate of drug-likeness (QED) is 0.0597. The van der Waals surface area contributed by atoms with Crippen LogP contribution in [-0.2, 0) is 49.2 Å². The number of likely N-dealkylation sites (tertiary alicyclic amines) is 2. The van der Waals surface area contributed by atoms with Crippen LogP contribution >= 0.6 is 0 Å². The van der Waals surface area contributed by atoms with Gasteiger partial charge in [-0.25, -0.2) is 29.0 Å². The van der Waals surface area contributed by atoms with Gasteiger partial charge in [-0.2, -0.15) is 0 Å². The lowest BCUT2D eigenvalue weighted by Crippen LogP contribution is -2.48. The topological polar surface area (TPSA) is 228 Å². The van der Waals surface area contributed by atoms with E-state index >= 15 is 0 Å². The van der Waals surface area contributed by atoms with Gasteiger partial charge in [-0.15, -0.1) is 0 Å². The SMILES string of the molecule is CC[C@@]1(OC(=O)COc2ccc(C(=O)Oc3c4c(c(-c5cc(OC)c(OC)c(OC)c5)c5cc6c(cc35)OCO6)C(=O)OC4)cc2)C(=O)OCc2c1cc1n(c2=O)Cc2cc3cc(OC(=O)N4CCC(N5CCCCC5)CC4)ccc3nc2-1. The third-order valence-corrected chi connectivity index (χ3v) is 16.6. The van der Waals surface area contributed by atoms with Gasteiger partial charge in [0.15, 0.2) is 29.6 Å². The van der Waals surface area contributed by atoms with Crippen molar-refractivity contribution in [2.45, 2.75) is 76.9 Å².